The fourth-order valence-corrected chi connectivity index (χ4v) is 9.28. The number of likely N-dealkylation sites (N-methyl/N-ethyl adjacent to an activating group) is 1. The van der Waals surface area contributed by atoms with Crippen LogP contribution in [-0.4, -0.2) is 185 Å². The summed E-state index contributed by atoms with van der Waals surface area (Å²) in [6.07, 6.45) is -10.0. The number of rotatable bonds is 12. The van der Waals surface area contributed by atoms with Crippen LogP contribution in [0.1, 0.15) is 87.5 Å². The normalized spacial score (nSPS) is 46.5. The Morgan fingerprint density at radius 1 is 0.873 bits per heavy atom. The molecule has 0 spiro atoms. The van der Waals surface area contributed by atoms with Crippen LogP contribution >= 0.6 is 0 Å². The van der Waals surface area contributed by atoms with Crippen LogP contribution in [0.2, 0.25) is 0 Å². The molecule has 0 bridgehead atoms. The summed E-state index contributed by atoms with van der Waals surface area (Å²) in [7, 11) is 4.86. The largest absolute Gasteiger partial charge is 0.462 e. The Balaban J connectivity index is 1.61. The average molecular weight is 902 g/mol. The number of ketones is 1. The van der Waals surface area contributed by atoms with Crippen LogP contribution in [0, 0.1) is 23.7 Å². The second kappa shape index (κ2) is 23.5. The van der Waals surface area contributed by atoms with Gasteiger partial charge in [0.25, 0.3) is 0 Å². The van der Waals surface area contributed by atoms with Crippen LogP contribution in [-0.2, 0) is 52.3 Å². The summed E-state index contributed by atoms with van der Waals surface area (Å²) in [6.45, 7) is 13.4. The fraction of sp³-hybridized carbons (Fsp3) is 0.844. The third-order valence-electron chi connectivity index (χ3n) is 13.2. The molecule has 4 aliphatic heterocycles. The maximum absolute atomic E-state index is 13.7. The molecule has 21 atom stereocenters. The standard InChI is InChI=1S/C45H75NO17/c1-12-32-29(21-57-43-38(53)41(56-11)36(51)25(5)59-43)17-22(2)13-14-30(48)23(3)18-28(15-16-47)39(24(4)31(49)19-33(50)61-32)63-44-37(52)35(46(9)10)40(26(6)60-44)62-34-20-45(8,55)42(54)27(7)58-34/h13-14,16-17,23-29,31-32,34-44,49,51-55H,12,15,18-21H2,1-11H3/b14-13+,22-17-/t23-,24+,25-,26-,27+,28+,29-,31-,32?,34+,35-,36-,37-,38-,39?,40-,41-,42+,43-,44+,45-/m0/s1. The van der Waals surface area contributed by atoms with Crippen molar-refractivity contribution in [2.24, 2.45) is 23.7 Å². The SMILES string of the molecule is CCC1OC(=O)C[C@H](O)[C@@H](C)C(O[C@H]2O[C@@H](C)[C@H](O[C@@H]3C[C@](C)(O)[C@H](O)[C@@H](C)O3)[C@@H](N(C)C)[C@@H]2O)[C@H](CC=O)C[C@H](C)C(=O)/C=C/C(C)=C\[C@H]1CO[C@H]1O[C@@H](C)[C@H](O)[C@H](OC)[C@@H]1O. The zero-order valence-electron chi connectivity index (χ0n) is 38.7. The van der Waals surface area contributed by atoms with E-state index in [1.807, 2.05) is 6.92 Å². The average Bonchev–Trinajstić information content (AvgIpc) is 3.21. The van der Waals surface area contributed by atoms with Gasteiger partial charge in [-0.15, -0.1) is 0 Å². The van der Waals surface area contributed by atoms with Crippen molar-refractivity contribution >= 4 is 18.0 Å². The lowest BCUT2D eigenvalue weighted by Crippen LogP contribution is -2.65. The summed E-state index contributed by atoms with van der Waals surface area (Å²) in [4.78, 5) is 41.4. The Labute approximate surface area is 371 Å². The molecule has 0 radical (unpaired) electrons. The Morgan fingerprint density at radius 2 is 1.54 bits per heavy atom. The minimum atomic E-state index is -1.49. The third-order valence-corrected chi connectivity index (χ3v) is 13.2. The molecule has 0 aromatic heterocycles. The molecule has 4 heterocycles. The lowest BCUT2D eigenvalue weighted by molar-refractivity contribution is -0.341. The van der Waals surface area contributed by atoms with Gasteiger partial charge in [-0.3, -0.25) is 9.59 Å². The maximum atomic E-state index is 13.7. The van der Waals surface area contributed by atoms with Gasteiger partial charge in [0.15, 0.2) is 24.7 Å². The molecular weight excluding hydrogens is 826 g/mol. The van der Waals surface area contributed by atoms with Gasteiger partial charge in [0.2, 0.25) is 0 Å². The second-order valence-corrected chi connectivity index (χ2v) is 18.5. The first-order chi connectivity index (χ1) is 29.5. The van der Waals surface area contributed by atoms with E-state index in [1.165, 1.54) is 20.1 Å². The molecule has 18 heteroatoms. The number of hydrogen-bond acceptors (Lipinski definition) is 18. The van der Waals surface area contributed by atoms with Crippen molar-refractivity contribution in [3.63, 3.8) is 0 Å². The summed E-state index contributed by atoms with van der Waals surface area (Å²) in [5, 5.41) is 66.4. The van der Waals surface area contributed by atoms with Gasteiger partial charge in [-0.2, -0.15) is 0 Å². The quantitative estimate of drug-likeness (QED) is 0.119. The van der Waals surface area contributed by atoms with E-state index in [1.54, 1.807) is 72.7 Å². The minimum absolute atomic E-state index is 0.0412. The topological polar surface area (TPSA) is 250 Å². The molecule has 0 amide bonds. The molecule has 18 nitrogen and oxygen atoms in total. The van der Waals surface area contributed by atoms with E-state index in [4.69, 9.17) is 37.9 Å². The summed E-state index contributed by atoms with van der Waals surface area (Å²) in [5.41, 5.74) is -0.845. The smallest absolute Gasteiger partial charge is 0.308 e. The number of cyclic esters (lactones) is 1. The number of aliphatic hydroxyl groups is 6. The molecule has 2 unspecified atom stereocenters. The zero-order chi connectivity index (χ0) is 47.1. The maximum Gasteiger partial charge on any atom is 0.308 e. The Bertz CT molecular complexity index is 1540. The number of carbonyl (C=O) groups is 3. The van der Waals surface area contributed by atoms with Gasteiger partial charge in [-0.05, 0) is 73.5 Å². The lowest BCUT2D eigenvalue weighted by atomic mass is 9.79. The number of nitrogens with zero attached hydrogens (tertiary/aromatic N) is 1. The molecule has 0 aromatic rings. The van der Waals surface area contributed by atoms with Crippen LogP contribution in [0.25, 0.3) is 0 Å². The highest BCUT2D eigenvalue weighted by Gasteiger charge is 2.51. The van der Waals surface area contributed by atoms with Crippen LogP contribution in [0.5, 0.6) is 0 Å². The first-order valence-electron chi connectivity index (χ1n) is 22.3. The van der Waals surface area contributed by atoms with Crippen LogP contribution in [0.4, 0.5) is 0 Å². The first-order valence-corrected chi connectivity index (χ1v) is 22.3. The first kappa shape index (κ1) is 53.3. The summed E-state index contributed by atoms with van der Waals surface area (Å²) in [5.74, 6) is -3.73. The van der Waals surface area contributed by atoms with Gasteiger partial charge < -0.3 is 78.2 Å². The molecule has 6 N–H and O–H groups in total. The number of allylic oxidation sites excluding steroid dienone is 3. The van der Waals surface area contributed by atoms with Crippen molar-refractivity contribution in [2.75, 3.05) is 27.8 Å². The van der Waals surface area contributed by atoms with Gasteiger partial charge in [-0.1, -0.05) is 38.5 Å². The summed E-state index contributed by atoms with van der Waals surface area (Å²) >= 11 is 0. The van der Waals surface area contributed by atoms with Crippen molar-refractivity contribution in [1.29, 1.82) is 0 Å². The van der Waals surface area contributed by atoms with Gasteiger partial charge in [0.05, 0.1) is 55.2 Å². The van der Waals surface area contributed by atoms with Gasteiger partial charge in [-0.25, -0.2) is 0 Å². The highest BCUT2D eigenvalue weighted by Crippen LogP contribution is 2.37. The van der Waals surface area contributed by atoms with Gasteiger partial charge in [0.1, 0.15) is 49.0 Å². The Hall–Kier alpha value is -2.27. The predicted molar refractivity (Wildman–Crippen MR) is 226 cm³/mol. The molecule has 3 fully saturated rings. The molecule has 4 aliphatic rings. The molecular formula is C45H75NO17. The summed E-state index contributed by atoms with van der Waals surface area (Å²) < 4.78 is 48.3. The van der Waals surface area contributed by atoms with Crippen molar-refractivity contribution in [2.45, 2.75) is 191 Å². The Morgan fingerprint density at radius 3 is 2.14 bits per heavy atom. The minimum Gasteiger partial charge on any atom is -0.462 e. The van der Waals surface area contributed by atoms with Crippen molar-refractivity contribution in [1.82, 2.24) is 4.90 Å². The van der Waals surface area contributed by atoms with E-state index < -0.39 is 140 Å². The monoisotopic (exact) mass is 902 g/mol. The lowest BCUT2D eigenvalue weighted by Gasteiger charge is -2.50. The molecule has 0 aromatic carbocycles. The van der Waals surface area contributed by atoms with E-state index in [0.29, 0.717) is 18.3 Å². The zero-order valence-corrected chi connectivity index (χ0v) is 38.7. The van der Waals surface area contributed by atoms with E-state index in [2.05, 4.69) is 0 Å². The highest BCUT2D eigenvalue weighted by molar-refractivity contribution is 5.91. The number of ether oxygens (including phenoxy) is 8. The van der Waals surface area contributed by atoms with Crippen molar-refractivity contribution < 1.29 is 82.9 Å². The van der Waals surface area contributed by atoms with Crippen LogP contribution in [0.3, 0.4) is 0 Å². The van der Waals surface area contributed by atoms with Crippen LogP contribution in [0.15, 0.2) is 23.8 Å². The van der Waals surface area contributed by atoms with Crippen molar-refractivity contribution in [3.05, 3.63) is 23.8 Å². The van der Waals surface area contributed by atoms with Gasteiger partial charge in [0, 0.05) is 37.7 Å². The molecule has 0 aliphatic carbocycles. The number of methoxy groups -OCH3 is 1. The number of esters is 1. The van der Waals surface area contributed by atoms with Gasteiger partial charge >= 0.3 is 5.97 Å². The number of carbonyl (C=O) groups excluding carboxylic acids is 3. The molecule has 0 saturated carbocycles. The number of hydrogen-bond donors (Lipinski definition) is 6. The van der Waals surface area contributed by atoms with Crippen molar-refractivity contribution in [3.8, 4) is 0 Å². The second-order valence-electron chi connectivity index (χ2n) is 18.5. The number of aliphatic hydroxyl groups excluding tert-OH is 5. The summed E-state index contributed by atoms with van der Waals surface area (Å²) in [6, 6.07) is -0.755. The fourth-order valence-electron chi connectivity index (χ4n) is 9.28. The van der Waals surface area contributed by atoms with Crippen LogP contribution < -0.4 is 0 Å². The van der Waals surface area contributed by atoms with E-state index in [9.17, 15) is 45.0 Å². The van der Waals surface area contributed by atoms with E-state index >= 15 is 0 Å². The molecule has 362 valence electrons. The predicted octanol–water partition coefficient (Wildman–Crippen LogP) is 1.18. The van der Waals surface area contributed by atoms with E-state index in [0.717, 1.165) is 0 Å². The molecule has 4 rings (SSSR count). The third kappa shape index (κ3) is 13.4. The number of aldehydes is 1. The van der Waals surface area contributed by atoms with E-state index in [-0.39, 0.29) is 31.7 Å². The highest BCUT2D eigenvalue weighted by atomic mass is 16.7. The molecule has 63 heavy (non-hydrogen) atoms. The Kier molecular flexibility index (Phi) is 19.9. The molecule has 3 saturated heterocycles.